The SMILES string of the molecule is CC(C)n1ccnc1C1CCN(C(=O)c2ccc(-n3cnnc3)cc2)CC1. The molecule has 27 heavy (non-hydrogen) atoms. The van der Waals surface area contributed by atoms with Crippen LogP contribution in [0.3, 0.4) is 0 Å². The van der Waals surface area contributed by atoms with E-state index in [0.29, 0.717) is 17.5 Å². The lowest BCUT2D eigenvalue weighted by Gasteiger charge is -2.32. The van der Waals surface area contributed by atoms with Crippen LogP contribution in [0.25, 0.3) is 5.69 Å². The van der Waals surface area contributed by atoms with Gasteiger partial charge in [0.2, 0.25) is 0 Å². The van der Waals surface area contributed by atoms with Crippen molar-refractivity contribution in [3.8, 4) is 5.69 Å². The summed E-state index contributed by atoms with van der Waals surface area (Å²) >= 11 is 0. The number of aromatic nitrogens is 5. The number of likely N-dealkylation sites (tertiary alicyclic amines) is 1. The molecule has 1 fully saturated rings. The zero-order valence-electron chi connectivity index (χ0n) is 15.7. The summed E-state index contributed by atoms with van der Waals surface area (Å²) in [7, 11) is 0. The highest BCUT2D eigenvalue weighted by Gasteiger charge is 2.27. The maximum atomic E-state index is 12.8. The Morgan fingerprint density at radius 1 is 1.07 bits per heavy atom. The van der Waals surface area contributed by atoms with Gasteiger partial charge >= 0.3 is 0 Å². The van der Waals surface area contributed by atoms with Gasteiger partial charge in [-0.1, -0.05) is 0 Å². The molecule has 3 aromatic rings. The molecule has 1 aliphatic heterocycles. The van der Waals surface area contributed by atoms with E-state index in [1.807, 2.05) is 39.9 Å². The Bertz CT molecular complexity index is 889. The molecule has 3 heterocycles. The van der Waals surface area contributed by atoms with E-state index in [2.05, 4.69) is 39.8 Å². The smallest absolute Gasteiger partial charge is 0.253 e. The van der Waals surface area contributed by atoms with E-state index in [-0.39, 0.29) is 5.91 Å². The Morgan fingerprint density at radius 3 is 2.37 bits per heavy atom. The number of piperidine rings is 1. The number of nitrogens with zero attached hydrogens (tertiary/aromatic N) is 6. The molecule has 4 rings (SSSR count). The molecule has 0 unspecified atom stereocenters. The molecular formula is C20H24N6O. The van der Waals surface area contributed by atoms with Gasteiger partial charge in [-0.15, -0.1) is 10.2 Å². The van der Waals surface area contributed by atoms with Gasteiger partial charge in [0, 0.05) is 48.7 Å². The van der Waals surface area contributed by atoms with Crippen LogP contribution in [0.5, 0.6) is 0 Å². The largest absolute Gasteiger partial charge is 0.339 e. The third kappa shape index (κ3) is 3.49. The predicted molar refractivity (Wildman–Crippen MR) is 102 cm³/mol. The van der Waals surface area contributed by atoms with Crippen molar-refractivity contribution in [3.63, 3.8) is 0 Å². The summed E-state index contributed by atoms with van der Waals surface area (Å²) in [5, 5.41) is 7.61. The van der Waals surface area contributed by atoms with Gasteiger partial charge in [0.05, 0.1) is 0 Å². The highest BCUT2D eigenvalue weighted by Crippen LogP contribution is 2.29. The van der Waals surface area contributed by atoms with Gasteiger partial charge in [-0.05, 0) is 51.0 Å². The molecule has 0 atom stereocenters. The molecule has 1 aromatic carbocycles. The molecule has 0 saturated carbocycles. The molecule has 1 amide bonds. The third-order valence-corrected chi connectivity index (χ3v) is 5.23. The molecule has 1 aliphatic rings. The van der Waals surface area contributed by atoms with Crippen molar-refractivity contribution in [1.82, 2.24) is 29.2 Å². The van der Waals surface area contributed by atoms with Crippen LogP contribution in [0.1, 0.15) is 54.8 Å². The van der Waals surface area contributed by atoms with E-state index in [1.165, 1.54) is 0 Å². The first-order valence-corrected chi connectivity index (χ1v) is 9.40. The summed E-state index contributed by atoms with van der Waals surface area (Å²) in [4.78, 5) is 19.4. The summed E-state index contributed by atoms with van der Waals surface area (Å²) in [6.45, 7) is 5.88. The van der Waals surface area contributed by atoms with Gasteiger partial charge in [0.25, 0.3) is 5.91 Å². The van der Waals surface area contributed by atoms with Gasteiger partial charge in [0.1, 0.15) is 18.5 Å². The molecule has 0 N–H and O–H groups in total. The average molecular weight is 364 g/mol. The molecule has 140 valence electrons. The van der Waals surface area contributed by atoms with Crippen LogP contribution in [0.2, 0.25) is 0 Å². The number of hydrogen-bond donors (Lipinski definition) is 0. The number of carbonyl (C=O) groups excluding carboxylic acids is 1. The Morgan fingerprint density at radius 2 is 1.74 bits per heavy atom. The lowest BCUT2D eigenvalue weighted by Crippen LogP contribution is -2.38. The highest BCUT2D eigenvalue weighted by atomic mass is 16.2. The van der Waals surface area contributed by atoms with E-state index in [1.54, 1.807) is 12.7 Å². The molecule has 0 radical (unpaired) electrons. The maximum Gasteiger partial charge on any atom is 0.253 e. The first kappa shape index (κ1) is 17.5. The topological polar surface area (TPSA) is 68.8 Å². The second-order valence-electron chi connectivity index (χ2n) is 7.27. The summed E-state index contributed by atoms with van der Waals surface area (Å²) in [6.07, 6.45) is 9.12. The van der Waals surface area contributed by atoms with E-state index in [0.717, 1.165) is 37.4 Å². The van der Waals surface area contributed by atoms with Crippen LogP contribution >= 0.6 is 0 Å². The van der Waals surface area contributed by atoms with Crippen molar-refractivity contribution in [1.29, 1.82) is 0 Å². The fourth-order valence-corrected chi connectivity index (χ4v) is 3.71. The van der Waals surface area contributed by atoms with E-state index in [4.69, 9.17) is 0 Å². The van der Waals surface area contributed by atoms with Crippen LogP contribution in [0.4, 0.5) is 0 Å². The first-order valence-electron chi connectivity index (χ1n) is 9.40. The first-order chi connectivity index (χ1) is 13.1. The fraction of sp³-hybridized carbons (Fsp3) is 0.400. The van der Waals surface area contributed by atoms with Crippen molar-refractivity contribution in [3.05, 3.63) is 60.7 Å². The zero-order valence-corrected chi connectivity index (χ0v) is 15.7. The standard InChI is InChI=1S/C20H24N6O/c1-15(2)26-12-9-21-19(26)16-7-10-24(11-8-16)20(27)17-3-5-18(6-4-17)25-13-22-23-14-25/h3-6,9,12-16H,7-8,10-11H2,1-2H3. The van der Waals surface area contributed by atoms with Crippen molar-refractivity contribution in [2.45, 2.75) is 38.6 Å². The summed E-state index contributed by atoms with van der Waals surface area (Å²) in [5.41, 5.74) is 1.66. The van der Waals surface area contributed by atoms with Gasteiger partial charge in [0.15, 0.2) is 0 Å². The molecule has 0 aliphatic carbocycles. The fourth-order valence-electron chi connectivity index (χ4n) is 3.71. The van der Waals surface area contributed by atoms with E-state index < -0.39 is 0 Å². The monoisotopic (exact) mass is 364 g/mol. The second-order valence-corrected chi connectivity index (χ2v) is 7.27. The quantitative estimate of drug-likeness (QED) is 0.713. The number of hydrogen-bond acceptors (Lipinski definition) is 4. The Labute approximate surface area is 158 Å². The third-order valence-electron chi connectivity index (χ3n) is 5.23. The zero-order chi connectivity index (χ0) is 18.8. The lowest BCUT2D eigenvalue weighted by molar-refractivity contribution is 0.0710. The number of amides is 1. The number of benzene rings is 1. The molecule has 1 saturated heterocycles. The molecule has 7 nitrogen and oxygen atoms in total. The minimum Gasteiger partial charge on any atom is -0.339 e. The Balaban J connectivity index is 1.40. The van der Waals surface area contributed by atoms with Crippen LogP contribution < -0.4 is 0 Å². The van der Waals surface area contributed by atoms with Crippen molar-refractivity contribution >= 4 is 5.91 Å². The molecule has 0 bridgehead atoms. The lowest BCUT2D eigenvalue weighted by atomic mass is 9.95. The highest BCUT2D eigenvalue weighted by molar-refractivity contribution is 5.94. The summed E-state index contributed by atoms with van der Waals surface area (Å²) in [5.74, 6) is 1.66. The van der Waals surface area contributed by atoms with Gasteiger partial charge < -0.3 is 9.47 Å². The number of carbonyl (C=O) groups is 1. The Kier molecular flexibility index (Phi) is 4.75. The minimum atomic E-state index is 0.0935. The predicted octanol–water partition coefficient (Wildman–Crippen LogP) is 3.06. The van der Waals surface area contributed by atoms with Gasteiger partial charge in [-0.3, -0.25) is 9.36 Å². The summed E-state index contributed by atoms with van der Waals surface area (Å²) < 4.78 is 4.06. The van der Waals surface area contributed by atoms with Crippen LogP contribution in [0.15, 0.2) is 49.3 Å². The number of rotatable bonds is 4. The van der Waals surface area contributed by atoms with Crippen molar-refractivity contribution in [2.24, 2.45) is 0 Å². The molecule has 7 heteroatoms. The molecule has 2 aromatic heterocycles. The van der Waals surface area contributed by atoms with E-state index in [9.17, 15) is 4.79 Å². The van der Waals surface area contributed by atoms with Crippen molar-refractivity contribution in [2.75, 3.05) is 13.1 Å². The molecule has 0 spiro atoms. The van der Waals surface area contributed by atoms with Crippen LogP contribution in [-0.4, -0.2) is 48.2 Å². The maximum absolute atomic E-state index is 12.8. The van der Waals surface area contributed by atoms with Crippen molar-refractivity contribution < 1.29 is 4.79 Å². The van der Waals surface area contributed by atoms with Gasteiger partial charge in [-0.25, -0.2) is 4.98 Å². The number of imidazole rings is 1. The van der Waals surface area contributed by atoms with E-state index >= 15 is 0 Å². The van der Waals surface area contributed by atoms with Crippen LogP contribution in [-0.2, 0) is 0 Å². The molecular weight excluding hydrogens is 340 g/mol. The summed E-state index contributed by atoms with van der Waals surface area (Å²) in [6, 6.07) is 7.99. The van der Waals surface area contributed by atoms with Crippen LogP contribution in [0, 0.1) is 0 Å². The minimum absolute atomic E-state index is 0.0935. The van der Waals surface area contributed by atoms with Gasteiger partial charge in [-0.2, -0.15) is 0 Å². The second kappa shape index (κ2) is 7.34. The Hall–Kier alpha value is -2.96. The average Bonchev–Trinajstić information content (AvgIpc) is 3.40. The normalized spacial score (nSPS) is 15.4.